The fourth-order valence-corrected chi connectivity index (χ4v) is 3.58. The molecule has 0 spiro atoms. The smallest absolute Gasteiger partial charge is 0.137 e. The van der Waals surface area contributed by atoms with Crippen LogP contribution in [0.5, 0.6) is 5.75 Å². The molecule has 0 amide bonds. The zero-order valence-electron chi connectivity index (χ0n) is 15.0. The molecule has 132 valence electrons. The number of pyridine rings is 1. The van der Waals surface area contributed by atoms with Crippen LogP contribution in [0.4, 0.5) is 0 Å². The number of nitrogens with zero attached hydrogens (tertiary/aromatic N) is 2. The first-order valence-corrected chi connectivity index (χ1v) is 8.95. The molecular weight excluding hydrogens is 334 g/mol. The number of ether oxygens (including phenoxy) is 1. The Hall–Kier alpha value is -3.53. The minimum absolute atomic E-state index is 0.816. The lowest BCUT2D eigenvalue weighted by Gasteiger charge is -2.08. The first-order chi connectivity index (χ1) is 13.3. The molecule has 5 aromatic rings. The van der Waals surface area contributed by atoms with Gasteiger partial charge in [-0.1, -0.05) is 18.2 Å². The Kier molecular flexibility index (Phi) is 3.68. The summed E-state index contributed by atoms with van der Waals surface area (Å²) in [5.74, 6) is 0.888. The van der Waals surface area contributed by atoms with E-state index in [1.807, 2.05) is 24.5 Å². The average molecular weight is 353 g/mol. The number of methoxy groups -OCH3 is 1. The largest absolute Gasteiger partial charge is 0.497 e. The molecule has 0 fully saturated rings. The van der Waals surface area contributed by atoms with E-state index in [9.17, 15) is 0 Å². The zero-order chi connectivity index (χ0) is 18.2. The number of H-pyrrole nitrogens is 1. The van der Waals surface area contributed by atoms with Crippen LogP contribution in [0.25, 0.3) is 33.1 Å². The zero-order valence-corrected chi connectivity index (χ0v) is 15.0. The average Bonchev–Trinajstić information content (AvgIpc) is 3.34. The van der Waals surface area contributed by atoms with Crippen molar-refractivity contribution in [2.75, 3.05) is 7.11 Å². The molecule has 0 bridgehead atoms. The second-order valence-electron chi connectivity index (χ2n) is 6.71. The lowest BCUT2D eigenvalue weighted by molar-refractivity contribution is 0.414. The molecule has 3 aromatic heterocycles. The van der Waals surface area contributed by atoms with E-state index in [1.165, 1.54) is 22.0 Å². The van der Waals surface area contributed by atoms with Gasteiger partial charge >= 0.3 is 0 Å². The molecule has 0 saturated carbocycles. The van der Waals surface area contributed by atoms with Crippen LogP contribution in [0.1, 0.15) is 5.56 Å². The highest BCUT2D eigenvalue weighted by atomic mass is 16.5. The molecule has 0 atom stereocenters. The molecule has 0 aliphatic heterocycles. The van der Waals surface area contributed by atoms with E-state index < -0.39 is 0 Å². The number of hydrogen-bond donors (Lipinski definition) is 1. The first kappa shape index (κ1) is 15.7. The molecule has 0 aliphatic carbocycles. The molecule has 0 radical (unpaired) electrons. The van der Waals surface area contributed by atoms with Gasteiger partial charge in [0.1, 0.15) is 11.4 Å². The standard InChI is InChI=1S/C23H19N3O/c1-27-21-4-2-3-16(11-21)15-26-10-8-18-12-17(5-6-22(18)26)20-13-19-7-9-24-23(19)25-14-20/h2-14H,15H2,1H3,(H,24,25). The Morgan fingerprint density at radius 1 is 0.963 bits per heavy atom. The van der Waals surface area contributed by atoms with Crippen molar-refractivity contribution in [3.63, 3.8) is 0 Å². The summed E-state index contributed by atoms with van der Waals surface area (Å²) in [5, 5.41) is 2.35. The van der Waals surface area contributed by atoms with Crippen LogP contribution in [0.3, 0.4) is 0 Å². The van der Waals surface area contributed by atoms with Gasteiger partial charge in [-0.15, -0.1) is 0 Å². The number of aromatic nitrogens is 3. The Morgan fingerprint density at radius 2 is 1.89 bits per heavy atom. The number of benzene rings is 2. The summed E-state index contributed by atoms with van der Waals surface area (Å²) < 4.78 is 7.60. The van der Waals surface area contributed by atoms with Crippen molar-refractivity contribution >= 4 is 21.9 Å². The molecule has 1 N–H and O–H groups in total. The van der Waals surface area contributed by atoms with Crippen LogP contribution in [-0.4, -0.2) is 21.6 Å². The van der Waals surface area contributed by atoms with Crippen molar-refractivity contribution in [1.29, 1.82) is 0 Å². The van der Waals surface area contributed by atoms with Gasteiger partial charge in [0.15, 0.2) is 0 Å². The van der Waals surface area contributed by atoms with Gasteiger partial charge in [0, 0.05) is 47.0 Å². The van der Waals surface area contributed by atoms with Crippen molar-refractivity contribution in [2.24, 2.45) is 0 Å². The Bertz CT molecular complexity index is 1250. The topological polar surface area (TPSA) is 42.8 Å². The van der Waals surface area contributed by atoms with E-state index in [-0.39, 0.29) is 0 Å². The Labute approximate surface area is 157 Å². The lowest BCUT2D eigenvalue weighted by Crippen LogP contribution is -1.98. The van der Waals surface area contributed by atoms with Crippen LogP contribution in [0.2, 0.25) is 0 Å². The van der Waals surface area contributed by atoms with Gasteiger partial charge in [0.25, 0.3) is 0 Å². The minimum Gasteiger partial charge on any atom is -0.497 e. The predicted molar refractivity (Wildman–Crippen MR) is 109 cm³/mol. The first-order valence-electron chi connectivity index (χ1n) is 8.95. The number of hydrogen-bond acceptors (Lipinski definition) is 2. The number of nitrogens with one attached hydrogen (secondary N) is 1. The summed E-state index contributed by atoms with van der Waals surface area (Å²) in [6.45, 7) is 0.816. The van der Waals surface area contributed by atoms with Gasteiger partial charge in [-0.2, -0.15) is 0 Å². The molecule has 5 rings (SSSR count). The summed E-state index contributed by atoms with van der Waals surface area (Å²) in [7, 11) is 1.70. The molecule has 0 aliphatic rings. The van der Waals surface area contributed by atoms with Gasteiger partial charge in [-0.25, -0.2) is 4.98 Å². The van der Waals surface area contributed by atoms with Crippen molar-refractivity contribution in [1.82, 2.24) is 14.5 Å². The van der Waals surface area contributed by atoms with E-state index in [4.69, 9.17) is 4.74 Å². The van der Waals surface area contributed by atoms with E-state index in [0.717, 1.165) is 28.9 Å². The van der Waals surface area contributed by atoms with E-state index in [2.05, 4.69) is 69.3 Å². The summed E-state index contributed by atoms with van der Waals surface area (Å²) in [6.07, 6.45) is 5.98. The second-order valence-corrected chi connectivity index (χ2v) is 6.71. The Balaban J connectivity index is 1.50. The minimum atomic E-state index is 0.816. The lowest BCUT2D eigenvalue weighted by atomic mass is 10.0. The quantitative estimate of drug-likeness (QED) is 0.480. The normalized spacial score (nSPS) is 11.3. The Morgan fingerprint density at radius 3 is 2.81 bits per heavy atom. The summed E-state index contributed by atoms with van der Waals surface area (Å²) in [6, 6.07) is 21.2. The number of rotatable bonds is 4. The van der Waals surface area contributed by atoms with Gasteiger partial charge in [0.2, 0.25) is 0 Å². The highest BCUT2D eigenvalue weighted by Gasteiger charge is 2.07. The molecular formula is C23H19N3O. The van der Waals surface area contributed by atoms with Gasteiger partial charge in [-0.3, -0.25) is 0 Å². The number of aromatic amines is 1. The maximum atomic E-state index is 5.33. The fraction of sp³-hybridized carbons (Fsp3) is 0.0870. The summed E-state index contributed by atoms with van der Waals surface area (Å²) in [4.78, 5) is 7.64. The maximum absolute atomic E-state index is 5.33. The van der Waals surface area contributed by atoms with Crippen molar-refractivity contribution < 1.29 is 4.74 Å². The molecule has 0 unspecified atom stereocenters. The van der Waals surface area contributed by atoms with Crippen LogP contribution >= 0.6 is 0 Å². The predicted octanol–water partition coefficient (Wildman–Crippen LogP) is 5.24. The van der Waals surface area contributed by atoms with E-state index >= 15 is 0 Å². The van der Waals surface area contributed by atoms with Crippen LogP contribution in [-0.2, 0) is 6.54 Å². The highest BCUT2D eigenvalue weighted by molar-refractivity contribution is 5.88. The molecule has 3 heterocycles. The third kappa shape index (κ3) is 2.85. The van der Waals surface area contributed by atoms with Crippen molar-refractivity contribution in [3.8, 4) is 16.9 Å². The molecule has 27 heavy (non-hydrogen) atoms. The maximum Gasteiger partial charge on any atom is 0.137 e. The van der Waals surface area contributed by atoms with Crippen LogP contribution in [0, 0.1) is 0 Å². The number of fused-ring (bicyclic) bond motifs is 2. The van der Waals surface area contributed by atoms with Crippen molar-refractivity contribution in [3.05, 3.63) is 84.8 Å². The van der Waals surface area contributed by atoms with Gasteiger partial charge in [-0.05, 0) is 53.6 Å². The molecule has 4 nitrogen and oxygen atoms in total. The summed E-state index contributed by atoms with van der Waals surface area (Å²) in [5.41, 5.74) is 5.67. The van der Waals surface area contributed by atoms with Crippen LogP contribution in [0.15, 0.2) is 79.3 Å². The van der Waals surface area contributed by atoms with Gasteiger partial charge < -0.3 is 14.3 Å². The monoisotopic (exact) mass is 353 g/mol. The molecule has 4 heteroatoms. The third-order valence-electron chi connectivity index (χ3n) is 4.99. The van der Waals surface area contributed by atoms with Gasteiger partial charge in [0.05, 0.1) is 7.11 Å². The van der Waals surface area contributed by atoms with E-state index in [1.54, 1.807) is 7.11 Å². The van der Waals surface area contributed by atoms with Crippen molar-refractivity contribution in [2.45, 2.75) is 6.54 Å². The fourth-order valence-electron chi connectivity index (χ4n) is 3.58. The molecule has 0 saturated heterocycles. The summed E-state index contributed by atoms with van der Waals surface area (Å²) >= 11 is 0. The SMILES string of the molecule is COc1cccc(Cn2ccc3cc(-c4cnc5[nH]ccc5c4)ccc32)c1. The highest BCUT2D eigenvalue weighted by Crippen LogP contribution is 2.27. The molecule has 2 aromatic carbocycles. The van der Waals surface area contributed by atoms with Crippen LogP contribution < -0.4 is 4.74 Å². The second kappa shape index (κ2) is 6.32. The third-order valence-corrected chi connectivity index (χ3v) is 4.99. The van der Waals surface area contributed by atoms with E-state index in [0.29, 0.717) is 0 Å².